The number of benzene rings is 4. The smallest absolute Gasteiger partial charge is 0.282 e. The molecule has 0 fully saturated rings. The third kappa shape index (κ3) is 5.39. The maximum absolute atomic E-state index is 14.2. The SMILES string of the molecule is COc1cc(C=Nn2c(-c3cc4cc(Br)ccc4o3)nc3ccccc3c2=O)c(Br)c(Br)c1OCc1ccccc1F. The van der Waals surface area contributed by atoms with Crippen LogP contribution >= 0.6 is 47.8 Å². The van der Waals surface area contributed by atoms with Crippen molar-refractivity contribution in [3.05, 3.63) is 120 Å². The van der Waals surface area contributed by atoms with Crippen molar-refractivity contribution in [3.8, 4) is 23.1 Å². The summed E-state index contributed by atoms with van der Waals surface area (Å²) in [6.45, 7) is -0.00288. The predicted molar refractivity (Wildman–Crippen MR) is 171 cm³/mol. The number of ether oxygens (including phenoxy) is 2. The van der Waals surface area contributed by atoms with Crippen LogP contribution < -0.4 is 15.0 Å². The number of methoxy groups -OCH3 is 1. The molecule has 7 nitrogen and oxygen atoms in total. The van der Waals surface area contributed by atoms with Gasteiger partial charge in [-0.1, -0.05) is 46.3 Å². The van der Waals surface area contributed by atoms with Gasteiger partial charge in [-0.15, -0.1) is 0 Å². The molecule has 0 bridgehead atoms. The summed E-state index contributed by atoms with van der Waals surface area (Å²) < 4.78 is 35.0. The fourth-order valence-corrected chi connectivity index (χ4v) is 5.70. The predicted octanol–water partition coefficient (Wildman–Crippen LogP) is 8.71. The van der Waals surface area contributed by atoms with E-state index in [-0.39, 0.29) is 23.8 Å². The molecule has 11 heteroatoms. The largest absolute Gasteiger partial charge is 0.493 e. The summed E-state index contributed by atoms with van der Waals surface area (Å²) in [6, 6.07) is 22.6. The standard InChI is InChI=1S/C31H19Br3FN3O4/c1-40-25-14-19(27(33)28(34)29(25)41-16-17-6-2-4-8-22(17)35)15-36-38-30(37-23-9-5-3-7-21(23)31(38)39)26-13-18-12-20(32)10-11-24(18)42-26/h2-15H,16H2,1H3. The van der Waals surface area contributed by atoms with Gasteiger partial charge in [-0.25, -0.2) is 9.37 Å². The number of hydrogen-bond donors (Lipinski definition) is 0. The second kappa shape index (κ2) is 11.8. The number of furan rings is 1. The highest BCUT2D eigenvalue weighted by molar-refractivity contribution is 9.13. The Kier molecular flexibility index (Phi) is 7.98. The van der Waals surface area contributed by atoms with E-state index in [1.54, 1.807) is 42.5 Å². The molecule has 0 aliphatic heterocycles. The Morgan fingerprint density at radius 3 is 2.60 bits per heavy atom. The molecule has 0 saturated heterocycles. The maximum atomic E-state index is 14.2. The number of rotatable bonds is 7. The highest BCUT2D eigenvalue weighted by Gasteiger charge is 2.19. The average Bonchev–Trinajstić information content (AvgIpc) is 3.42. The van der Waals surface area contributed by atoms with E-state index in [9.17, 15) is 9.18 Å². The molecule has 0 unspecified atom stereocenters. The number of aromatic nitrogens is 2. The Bertz CT molecular complexity index is 2070. The summed E-state index contributed by atoms with van der Waals surface area (Å²) in [6.07, 6.45) is 1.51. The maximum Gasteiger partial charge on any atom is 0.282 e. The quantitative estimate of drug-likeness (QED) is 0.152. The van der Waals surface area contributed by atoms with Crippen molar-refractivity contribution >= 4 is 75.9 Å². The van der Waals surface area contributed by atoms with Gasteiger partial charge in [0.25, 0.3) is 5.56 Å². The van der Waals surface area contributed by atoms with Gasteiger partial charge in [-0.2, -0.15) is 9.78 Å². The van der Waals surface area contributed by atoms with Crippen molar-refractivity contribution in [1.82, 2.24) is 9.66 Å². The van der Waals surface area contributed by atoms with E-state index in [0.717, 1.165) is 9.86 Å². The van der Waals surface area contributed by atoms with Crippen LogP contribution in [0.25, 0.3) is 33.5 Å². The molecular formula is C31H19Br3FN3O4. The van der Waals surface area contributed by atoms with E-state index in [0.29, 0.717) is 53.8 Å². The van der Waals surface area contributed by atoms with Crippen LogP contribution in [0, 0.1) is 5.82 Å². The van der Waals surface area contributed by atoms with E-state index in [2.05, 4.69) is 52.9 Å². The zero-order chi connectivity index (χ0) is 29.4. The van der Waals surface area contributed by atoms with Crippen molar-refractivity contribution in [3.63, 3.8) is 0 Å². The molecule has 0 aliphatic carbocycles. The molecule has 4 aromatic carbocycles. The van der Waals surface area contributed by atoms with E-state index >= 15 is 0 Å². The van der Waals surface area contributed by atoms with Crippen molar-refractivity contribution in [2.45, 2.75) is 6.61 Å². The third-order valence-corrected chi connectivity index (χ3v) is 9.11. The van der Waals surface area contributed by atoms with Crippen LogP contribution in [0.15, 0.2) is 107 Å². The van der Waals surface area contributed by atoms with Crippen molar-refractivity contribution in [2.24, 2.45) is 5.10 Å². The van der Waals surface area contributed by atoms with Crippen LogP contribution in [0.4, 0.5) is 4.39 Å². The van der Waals surface area contributed by atoms with Crippen LogP contribution in [0.1, 0.15) is 11.1 Å². The molecule has 0 amide bonds. The number of hydrogen-bond acceptors (Lipinski definition) is 6. The zero-order valence-electron chi connectivity index (χ0n) is 21.8. The number of halogens is 4. The van der Waals surface area contributed by atoms with Crippen LogP contribution in [0.5, 0.6) is 11.5 Å². The lowest BCUT2D eigenvalue weighted by Gasteiger charge is -2.15. The second-order valence-electron chi connectivity index (χ2n) is 9.11. The van der Waals surface area contributed by atoms with Gasteiger partial charge >= 0.3 is 0 Å². The Morgan fingerprint density at radius 2 is 1.79 bits per heavy atom. The lowest BCUT2D eigenvalue weighted by Crippen LogP contribution is -2.20. The van der Waals surface area contributed by atoms with Crippen LogP contribution in [0.2, 0.25) is 0 Å². The number of nitrogens with zero attached hydrogens (tertiary/aromatic N) is 3. The van der Waals surface area contributed by atoms with Gasteiger partial charge in [0.1, 0.15) is 18.0 Å². The second-order valence-corrected chi connectivity index (χ2v) is 11.6. The normalized spacial score (nSPS) is 11.5. The van der Waals surface area contributed by atoms with Gasteiger partial charge in [0, 0.05) is 25.5 Å². The molecule has 6 aromatic rings. The van der Waals surface area contributed by atoms with Gasteiger partial charge in [0.2, 0.25) is 5.82 Å². The monoisotopic (exact) mass is 753 g/mol. The lowest BCUT2D eigenvalue weighted by atomic mass is 10.2. The molecule has 0 N–H and O–H groups in total. The minimum atomic E-state index is -0.363. The third-order valence-electron chi connectivity index (χ3n) is 6.47. The Labute approximate surface area is 264 Å². The average molecular weight is 756 g/mol. The van der Waals surface area contributed by atoms with Crippen molar-refractivity contribution in [2.75, 3.05) is 7.11 Å². The summed E-state index contributed by atoms with van der Waals surface area (Å²) in [5.74, 6) is 1.03. The van der Waals surface area contributed by atoms with E-state index in [1.807, 2.05) is 30.3 Å². The van der Waals surface area contributed by atoms with Crippen LogP contribution in [-0.4, -0.2) is 23.0 Å². The topological polar surface area (TPSA) is 78.9 Å². The summed E-state index contributed by atoms with van der Waals surface area (Å²) in [5, 5.41) is 5.81. The molecule has 0 saturated carbocycles. The first-order valence-electron chi connectivity index (χ1n) is 12.5. The van der Waals surface area contributed by atoms with Crippen molar-refractivity contribution in [1.29, 1.82) is 0 Å². The molecule has 6 rings (SSSR count). The van der Waals surface area contributed by atoms with E-state index in [4.69, 9.17) is 18.9 Å². The minimum absolute atomic E-state index is 0.00288. The highest BCUT2D eigenvalue weighted by Crippen LogP contribution is 2.43. The number of para-hydroxylation sites is 1. The molecule has 0 spiro atoms. The first-order valence-corrected chi connectivity index (χ1v) is 14.9. The minimum Gasteiger partial charge on any atom is -0.493 e. The van der Waals surface area contributed by atoms with Gasteiger partial charge in [0.05, 0.1) is 28.7 Å². The number of fused-ring (bicyclic) bond motifs is 2. The Balaban J connectivity index is 1.43. The molecule has 210 valence electrons. The van der Waals surface area contributed by atoms with Gasteiger partial charge < -0.3 is 13.9 Å². The van der Waals surface area contributed by atoms with E-state index in [1.165, 1.54) is 24.1 Å². The lowest BCUT2D eigenvalue weighted by molar-refractivity contribution is 0.277. The molecule has 2 aromatic heterocycles. The van der Waals surface area contributed by atoms with Gasteiger partial charge in [-0.05, 0) is 80.4 Å². The molecule has 0 radical (unpaired) electrons. The molecular weight excluding hydrogens is 737 g/mol. The fraction of sp³-hybridized carbons (Fsp3) is 0.0645. The zero-order valence-corrected chi connectivity index (χ0v) is 26.5. The van der Waals surface area contributed by atoms with Crippen molar-refractivity contribution < 1.29 is 18.3 Å². The highest BCUT2D eigenvalue weighted by atomic mass is 79.9. The van der Waals surface area contributed by atoms with Gasteiger partial charge in [0.15, 0.2) is 17.3 Å². The van der Waals surface area contributed by atoms with E-state index < -0.39 is 0 Å². The summed E-state index contributed by atoms with van der Waals surface area (Å²) in [5.41, 5.74) is 1.79. The van der Waals surface area contributed by atoms with Gasteiger partial charge in [-0.3, -0.25) is 4.79 Å². The summed E-state index contributed by atoms with van der Waals surface area (Å²) in [7, 11) is 1.50. The summed E-state index contributed by atoms with van der Waals surface area (Å²) in [4.78, 5) is 18.4. The van der Waals surface area contributed by atoms with Crippen LogP contribution in [-0.2, 0) is 6.61 Å². The molecule has 0 atom stereocenters. The first kappa shape index (κ1) is 28.3. The molecule has 0 aliphatic rings. The first-order chi connectivity index (χ1) is 20.3. The molecule has 42 heavy (non-hydrogen) atoms. The Morgan fingerprint density at radius 1 is 1.00 bits per heavy atom. The fourth-order valence-electron chi connectivity index (χ4n) is 4.38. The summed E-state index contributed by atoms with van der Waals surface area (Å²) >= 11 is 10.6. The molecule has 2 heterocycles. The Hall–Kier alpha value is -3.80. The van der Waals surface area contributed by atoms with Crippen LogP contribution in [0.3, 0.4) is 0 Å².